The average Bonchev–Trinajstić information content (AvgIpc) is 2.79. The minimum Gasteiger partial charge on any atom is -0.392 e. The molecule has 20 heavy (non-hydrogen) atoms. The van der Waals surface area contributed by atoms with Gasteiger partial charge in [0.1, 0.15) is 0 Å². The highest BCUT2D eigenvalue weighted by Gasteiger charge is 2.31. The maximum absolute atomic E-state index is 12.1. The van der Waals surface area contributed by atoms with Crippen molar-refractivity contribution < 1.29 is 9.90 Å². The van der Waals surface area contributed by atoms with Crippen LogP contribution in [0, 0.1) is 19.8 Å². The summed E-state index contributed by atoms with van der Waals surface area (Å²) in [7, 11) is 0. The smallest absolute Gasteiger partial charge is 0.225 e. The average molecular weight is 275 g/mol. The summed E-state index contributed by atoms with van der Waals surface area (Å²) in [4.78, 5) is 12.1. The first-order valence-electron chi connectivity index (χ1n) is 7.52. The molecule has 1 fully saturated rings. The molecule has 110 valence electrons. The number of aliphatic hydroxyl groups is 1. The number of hydrogen-bond donors (Lipinski definition) is 2. The second-order valence-electron chi connectivity index (χ2n) is 6.15. The fourth-order valence-electron chi connectivity index (χ4n) is 3.05. The van der Waals surface area contributed by atoms with Crippen molar-refractivity contribution >= 4 is 5.91 Å². The molecule has 1 aromatic rings. The van der Waals surface area contributed by atoms with E-state index in [9.17, 15) is 9.90 Å². The number of hydrogen-bond acceptors (Lipinski definition) is 2. The summed E-state index contributed by atoms with van der Waals surface area (Å²) in [6.45, 7) is 6.22. The van der Waals surface area contributed by atoms with Crippen molar-refractivity contribution in [3.8, 4) is 0 Å². The maximum atomic E-state index is 12.1. The van der Waals surface area contributed by atoms with Crippen molar-refractivity contribution in [2.45, 2.75) is 58.6 Å². The molecular weight excluding hydrogens is 250 g/mol. The Bertz CT molecular complexity index is 484. The first-order valence-corrected chi connectivity index (χ1v) is 7.52. The third-order valence-electron chi connectivity index (χ3n) is 4.23. The zero-order valence-corrected chi connectivity index (χ0v) is 12.6. The summed E-state index contributed by atoms with van der Waals surface area (Å²) in [5.41, 5.74) is 3.80. The van der Waals surface area contributed by atoms with Gasteiger partial charge in [0.05, 0.1) is 12.0 Å². The molecular formula is C17H25NO2. The van der Waals surface area contributed by atoms with Gasteiger partial charge in [0.2, 0.25) is 5.91 Å². The van der Waals surface area contributed by atoms with Crippen LogP contribution in [0.25, 0.3) is 0 Å². The molecule has 0 aromatic heterocycles. The van der Waals surface area contributed by atoms with Crippen LogP contribution in [-0.2, 0) is 11.2 Å². The molecule has 2 rings (SSSR count). The van der Waals surface area contributed by atoms with E-state index in [1.165, 1.54) is 16.7 Å². The first-order chi connectivity index (χ1) is 9.47. The largest absolute Gasteiger partial charge is 0.392 e. The third-order valence-corrected chi connectivity index (χ3v) is 4.23. The molecule has 0 saturated heterocycles. The summed E-state index contributed by atoms with van der Waals surface area (Å²) < 4.78 is 0. The Kier molecular flexibility index (Phi) is 4.81. The molecule has 3 unspecified atom stereocenters. The molecule has 0 spiro atoms. The van der Waals surface area contributed by atoms with Crippen molar-refractivity contribution in [1.29, 1.82) is 0 Å². The predicted octanol–water partition coefficient (Wildman–Crippen LogP) is 2.51. The van der Waals surface area contributed by atoms with Crippen LogP contribution in [0.2, 0.25) is 0 Å². The van der Waals surface area contributed by atoms with Gasteiger partial charge >= 0.3 is 0 Å². The van der Waals surface area contributed by atoms with Crippen molar-refractivity contribution in [3.63, 3.8) is 0 Å². The van der Waals surface area contributed by atoms with Crippen LogP contribution in [0.1, 0.15) is 42.9 Å². The highest BCUT2D eigenvalue weighted by Crippen LogP contribution is 2.25. The highest BCUT2D eigenvalue weighted by molar-refractivity contribution is 5.79. The van der Waals surface area contributed by atoms with Crippen LogP contribution >= 0.6 is 0 Å². The number of aliphatic hydroxyl groups excluding tert-OH is 1. The topological polar surface area (TPSA) is 49.3 Å². The van der Waals surface area contributed by atoms with Crippen LogP contribution in [0.15, 0.2) is 18.2 Å². The second-order valence-corrected chi connectivity index (χ2v) is 6.15. The van der Waals surface area contributed by atoms with Crippen molar-refractivity contribution in [3.05, 3.63) is 34.9 Å². The second kappa shape index (κ2) is 6.40. The fourth-order valence-corrected chi connectivity index (χ4v) is 3.05. The van der Waals surface area contributed by atoms with Crippen molar-refractivity contribution in [1.82, 2.24) is 5.32 Å². The number of aryl methyl sites for hydroxylation is 2. The van der Waals surface area contributed by atoms with E-state index in [0.29, 0.717) is 0 Å². The van der Waals surface area contributed by atoms with Gasteiger partial charge in [0.15, 0.2) is 0 Å². The number of carbonyl (C=O) groups excluding carboxylic acids is 1. The van der Waals surface area contributed by atoms with E-state index in [2.05, 4.69) is 37.4 Å². The van der Waals surface area contributed by atoms with E-state index in [0.717, 1.165) is 25.7 Å². The summed E-state index contributed by atoms with van der Waals surface area (Å²) in [5, 5.41) is 12.8. The lowest BCUT2D eigenvalue weighted by Gasteiger charge is -2.20. The molecule has 1 aliphatic rings. The van der Waals surface area contributed by atoms with Gasteiger partial charge in [-0.05, 0) is 57.6 Å². The predicted molar refractivity (Wildman–Crippen MR) is 80.6 cm³/mol. The molecule has 1 amide bonds. The van der Waals surface area contributed by atoms with Gasteiger partial charge < -0.3 is 10.4 Å². The Balaban J connectivity index is 1.91. The standard InChI is InChI=1S/C17H25NO2/c1-11-7-8-14(12(2)9-11)10-13(3)18-17(20)15-5-4-6-16(15)19/h7-9,13,15-16,19H,4-6,10H2,1-3H3,(H,18,20). The maximum Gasteiger partial charge on any atom is 0.225 e. The molecule has 3 heteroatoms. The molecule has 0 aliphatic heterocycles. The van der Waals surface area contributed by atoms with Gasteiger partial charge in [-0.15, -0.1) is 0 Å². The fraction of sp³-hybridized carbons (Fsp3) is 0.588. The SMILES string of the molecule is Cc1ccc(CC(C)NC(=O)C2CCCC2O)c(C)c1. The number of amides is 1. The van der Waals surface area contributed by atoms with Crippen LogP contribution in [-0.4, -0.2) is 23.2 Å². The summed E-state index contributed by atoms with van der Waals surface area (Å²) in [6.07, 6.45) is 2.89. The highest BCUT2D eigenvalue weighted by atomic mass is 16.3. The third kappa shape index (κ3) is 3.60. The number of carbonyl (C=O) groups is 1. The van der Waals surface area contributed by atoms with Crippen molar-refractivity contribution in [2.24, 2.45) is 5.92 Å². The van der Waals surface area contributed by atoms with Gasteiger partial charge in [-0.1, -0.05) is 23.8 Å². The Labute approximate surface area is 121 Å². The van der Waals surface area contributed by atoms with Crippen LogP contribution in [0.4, 0.5) is 0 Å². The van der Waals surface area contributed by atoms with E-state index in [1.54, 1.807) is 0 Å². The van der Waals surface area contributed by atoms with Crippen LogP contribution < -0.4 is 5.32 Å². The molecule has 3 atom stereocenters. The molecule has 0 heterocycles. The lowest BCUT2D eigenvalue weighted by Crippen LogP contribution is -2.40. The summed E-state index contributed by atoms with van der Waals surface area (Å²) in [5.74, 6) is -0.205. The quantitative estimate of drug-likeness (QED) is 0.887. The van der Waals surface area contributed by atoms with Gasteiger partial charge in [0, 0.05) is 6.04 Å². The van der Waals surface area contributed by atoms with Crippen molar-refractivity contribution in [2.75, 3.05) is 0 Å². The van der Waals surface area contributed by atoms with E-state index in [4.69, 9.17) is 0 Å². The monoisotopic (exact) mass is 275 g/mol. The molecule has 2 N–H and O–H groups in total. The molecule has 1 saturated carbocycles. The Morgan fingerprint density at radius 1 is 1.40 bits per heavy atom. The van der Waals surface area contributed by atoms with Gasteiger partial charge in [0.25, 0.3) is 0 Å². The van der Waals surface area contributed by atoms with Gasteiger partial charge in [-0.2, -0.15) is 0 Å². The zero-order valence-electron chi connectivity index (χ0n) is 12.6. The van der Waals surface area contributed by atoms with Gasteiger partial charge in [-0.25, -0.2) is 0 Å². The molecule has 3 nitrogen and oxygen atoms in total. The Hall–Kier alpha value is -1.35. The minimum absolute atomic E-state index is 0.00673. The van der Waals surface area contributed by atoms with Gasteiger partial charge in [-0.3, -0.25) is 4.79 Å². The van der Waals surface area contributed by atoms with E-state index < -0.39 is 6.10 Å². The number of rotatable bonds is 4. The molecule has 1 aromatic carbocycles. The Morgan fingerprint density at radius 2 is 2.15 bits per heavy atom. The van der Waals surface area contributed by atoms with Crippen LogP contribution in [0.3, 0.4) is 0 Å². The molecule has 0 bridgehead atoms. The van der Waals surface area contributed by atoms with E-state index in [-0.39, 0.29) is 17.9 Å². The summed E-state index contributed by atoms with van der Waals surface area (Å²) >= 11 is 0. The normalized spacial score (nSPS) is 23.6. The van der Waals surface area contributed by atoms with E-state index in [1.807, 2.05) is 6.92 Å². The lowest BCUT2D eigenvalue weighted by molar-refractivity contribution is -0.128. The first kappa shape index (κ1) is 15.0. The number of benzene rings is 1. The minimum atomic E-state index is -0.455. The summed E-state index contributed by atoms with van der Waals surface area (Å²) in [6, 6.07) is 6.51. The van der Waals surface area contributed by atoms with E-state index >= 15 is 0 Å². The van der Waals surface area contributed by atoms with Crippen LogP contribution in [0.5, 0.6) is 0 Å². The zero-order chi connectivity index (χ0) is 14.7. The number of nitrogens with one attached hydrogen (secondary N) is 1. The molecule has 1 aliphatic carbocycles. The molecule has 0 radical (unpaired) electrons. The Morgan fingerprint density at radius 3 is 2.75 bits per heavy atom. The lowest BCUT2D eigenvalue weighted by atomic mass is 9.99.